The molecule has 1 atom stereocenters. The van der Waals surface area contributed by atoms with Gasteiger partial charge in [-0.15, -0.1) is 0 Å². The van der Waals surface area contributed by atoms with Crippen molar-refractivity contribution >= 4 is 16.0 Å². The summed E-state index contributed by atoms with van der Waals surface area (Å²) in [6.07, 6.45) is -0.207. The van der Waals surface area contributed by atoms with Gasteiger partial charge in [0.15, 0.2) is 0 Å². The van der Waals surface area contributed by atoms with Crippen LogP contribution in [-0.2, 0) is 26.1 Å². The molecule has 6 nitrogen and oxygen atoms in total. The zero-order valence-corrected chi connectivity index (χ0v) is 15.1. The normalized spacial score (nSPS) is 18.3. The van der Waals surface area contributed by atoms with E-state index in [0.717, 1.165) is 12.1 Å². The molecule has 0 saturated heterocycles. The van der Waals surface area contributed by atoms with Crippen LogP contribution in [0.15, 0.2) is 47.4 Å². The lowest BCUT2D eigenvalue weighted by Gasteiger charge is -2.23. The number of halogens is 1. The van der Waals surface area contributed by atoms with Crippen LogP contribution in [0, 0.1) is 5.82 Å². The molecule has 3 rings (SSSR count). The monoisotopic (exact) mass is 379 g/mol. The number of carbonyl (C=O) groups is 1. The topological polar surface area (TPSA) is 72.9 Å². The molecule has 8 heteroatoms. The van der Waals surface area contributed by atoms with Crippen molar-refractivity contribution in [2.45, 2.75) is 23.9 Å². The average molecular weight is 379 g/mol. The van der Waals surface area contributed by atoms with Gasteiger partial charge in [0, 0.05) is 12.1 Å². The van der Waals surface area contributed by atoms with Gasteiger partial charge in [-0.1, -0.05) is 18.2 Å². The quantitative estimate of drug-likeness (QED) is 0.747. The van der Waals surface area contributed by atoms with Crippen LogP contribution in [-0.4, -0.2) is 32.9 Å². The van der Waals surface area contributed by atoms with Crippen LogP contribution in [0.25, 0.3) is 0 Å². The molecule has 0 bridgehead atoms. The van der Waals surface area contributed by atoms with Gasteiger partial charge < -0.3 is 9.47 Å². The van der Waals surface area contributed by atoms with Crippen LogP contribution in [0.2, 0.25) is 0 Å². The number of esters is 1. The average Bonchev–Trinajstić information content (AvgIpc) is 2.82. The highest BCUT2D eigenvalue weighted by Crippen LogP contribution is 2.43. The van der Waals surface area contributed by atoms with Gasteiger partial charge in [-0.25, -0.2) is 12.8 Å². The van der Waals surface area contributed by atoms with Crippen LogP contribution < -0.4 is 4.74 Å². The maximum absolute atomic E-state index is 13.7. The van der Waals surface area contributed by atoms with Crippen molar-refractivity contribution in [2.24, 2.45) is 0 Å². The Morgan fingerprint density at radius 2 is 1.92 bits per heavy atom. The number of nitrogens with zero attached hydrogens (tertiary/aromatic N) is 1. The molecule has 1 aliphatic rings. The van der Waals surface area contributed by atoms with E-state index in [4.69, 9.17) is 9.47 Å². The van der Waals surface area contributed by atoms with Crippen LogP contribution in [0.5, 0.6) is 5.75 Å². The molecule has 1 heterocycles. The van der Waals surface area contributed by atoms with Gasteiger partial charge in [0.2, 0.25) is 10.0 Å². The highest BCUT2D eigenvalue weighted by atomic mass is 32.2. The Hall–Kier alpha value is -2.45. The highest BCUT2D eigenvalue weighted by Gasteiger charge is 2.44. The lowest BCUT2D eigenvalue weighted by molar-refractivity contribution is -0.141. The van der Waals surface area contributed by atoms with Crippen LogP contribution in [0.4, 0.5) is 4.39 Å². The summed E-state index contributed by atoms with van der Waals surface area (Å²) in [6.45, 7) is -0.00962. The van der Waals surface area contributed by atoms with E-state index in [2.05, 4.69) is 0 Å². The molecular formula is C18H18FNO5S. The number of rotatable bonds is 5. The molecule has 0 unspecified atom stereocenters. The summed E-state index contributed by atoms with van der Waals surface area (Å²) in [7, 11) is -1.17. The minimum Gasteiger partial charge on any atom is -0.496 e. The van der Waals surface area contributed by atoms with Gasteiger partial charge >= 0.3 is 5.97 Å². The first-order chi connectivity index (χ1) is 12.4. The molecule has 0 spiro atoms. The largest absolute Gasteiger partial charge is 0.496 e. The second-order valence-electron chi connectivity index (χ2n) is 5.84. The third-order valence-corrected chi connectivity index (χ3v) is 6.30. The van der Waals surface area contributed by atoms with E-state index in [1.165, 1.54) is 24.6 Å². The Labute approximate surface area is 151 Å². The van der Waals surface area contributed by atoms with Gasteiger partial charge in [0.25, 0.3) is 0 Å². The van der Waals surface area contributed by atoms with Crippen molar-refractivity contribution in [1.29, 1.82) is 0 Å². The van der Waals surface area contributed by atoms with Crippen LogP contribution >= 0.6 is 0 Å². The van der Waals surface area contributed by atoms with E-state index in [0.29, 0.717) is 11.3 Å². The van der Waals surface area contributed by atoms with Gasteiger partial charge in [-0.05, 0) is 29.8 Å². The van der Waals surface area contributed by atoms with Crippen LogP contribution in [0.1, 0.15) is 23.6 Å². The second-order valence-corrected chi connectivity index (χ2v) is 7.70. The molecule has 0 aliphatic carbocycles. The first-order valence-corrected chi connectivity index (χ1v) is 9.32. The van der Waals surface area contributed by atoms with E-state index in [1.54, 1.807) is 24.3 Å². The van der Waals surface area contributed by atoms with E-state index in [9.17, 15) is 17.6 Å². The molecule has 26 heavy (non-hydrogen) atoms. The van der Waals surface area contributed by atoms with Crippen molar-refractivity contribution in [3.63, 3.8) is 0 Å². The van der Waals surface area contributed by atoms with Gasteiger partial charge in [0.1, 0.15) is 11.6 Å². The minimum absolute atomic E-state index is 0.00250. The number of ether oxygens (including phenoxy) is 2. The second kappa shape index (κ2) is 7.05. The number of methoxy groups -OCH3 is 2. The molecule has 1 aliphatic heterocycles. The minimum atomic E-state index is -3.89. The summed E-state index contributed by atoms with van der Waals surface area (Å²) in [5, 5.41) is 0. The zero-order valence-electron chi connectivity index (χ0n) is 14.3. The Balaban J connectivity index is 2.08. The Morgan fingerprint density at radius 1 is 1.19 bits per heavy atom. The molecule has 0 fully saturated rings. The Kier molecular flexibility index (Phi) is 4.97. The molecular weight excluding hydrogens is 361 g/mol. The van der Waals surface area contributed by atoms with Crippen LogP contribution in [0.3, 0.4) is 0 Å². The molecule has 0 radical (unpaired) electrons. The maximum atomic E-state index is 13.7. The summed E-state index contributed by atoms with van der Waals surface area (Å²) in [6, 6.07) is 9.64. The summed E-state index contributed by atoms with van der Waals surface area (Å²) < 4.78 is 50.9. The maximum Gasteiger partial charge on any atom is 0.307 e. The molecule has 138 valence electrons. The van der Waals surface area contributed by atoms with E-state index >= 15 is 0 Å². The molecule has 2 aromatic carbocycles. The third kappa shape index (κ3) is 3.17. The first kappa shape index (κ1) is 18.3. The Bertz CT molecular complexity index is 944. The predicted molar refractivity (Wildman–Crippen MR) is 91.5 cm³/mol. The van der Waals surface area contributed by atoms with E-state index in [1.807, 2.05) is 0 Å². The molecule has 0 amide bonds. The summed E-state index contributed by atoms with van der Waals surface area (Å²) in [4.78, 5) is 11.8. The number of para-hydroxylation sites is 1. The lowest BCUT2D eigenvalue weighted by atomic mass is 10.0. The standard InChI is InChI=1S/C18H18FNO5S/c1-24-16-6-4-3-5-12(16)11-20-15(10-18(21)25-2)14-9-13(19)7-8-17(14)26(20,22)23/h3-9,15H,10-11H2,1-2H3/t15-/m0/s1. The SMILES string of the molecule is COC(=O)C[C@H]1c2cc(F)ccc2S(=O)(=O)N1Cc1ccccc1OC. The van der Waals surface area contributed by atoms with Gasteiger partial charge in [0.05, 0.1) is 31.6 Å². The summed E-state index contributed by atoms with van der Waals surface area (Å²) in [5.74, 6) is -0.609. The lowest BCUT2D eigenvalue weighted by Crippen LogP contribution is -2.29. The predicted octanol–water partition coefficient (Wildman–Crippen LogP) is 2.64. The fourth-order valence-corrected chi connectivity index (χ4v) is 4.93. The molecule has 0 aromatic heterocycles. The van der Waals surface area contributed by atoms with Crippen molar-refractivity contribution < 1.29 is 27.1 Å². The number of sulfonamides is 1. The highest BCUT2D eigenvalue weighted by molar-refractivity contribution is 7.89. The molecule has 0 saturated carbocycles. The van der Waals surface area contributed by atoms with Crippen molar-refractivity contribution in [2.75, 3.05) is 14.2 Å². The first-order valence-electron chi connectivity index (χ1n) is 7.88. The smallest absolute Gasteiger partial charge is 0.307 e. The zero-order chi connectivity index (χ0) is 18.9. The van der Waals surface area contributed by atoms with Crippen molar-refractivity contribution in [1.82, 2.24) is 4.31 Å². The fraction of sp³-hybridized carbons (Fsp3) is 0.278. The van der Waals surface area contributed by atoms with Gasteiger partial charge in [-0.3, -0.25) is 4.79 Å². The summed E-state index contributed by atoms with van der Waals surface area (Å²) in [5.41, 5.74) is 0.895. The van der Waals surface area contributed by atoms with E-state index in [-0.39, 0.29) is 23.4 Å². The van der Waals surface area contributed by atoms with Crippen molar-refractivity contribution in [3.05, 3.63) is 59.4 Å². The number of benzene rings is 2. The number of fused-ring (bicyclic) bond motifs is 1. The fourth-order valence-electron chi connectivity index (χ4n) is 3.11. The Morgan fingerprint density at radius 3 is 2.62 bits per heavy atom. The summed E-state index contributed by atoms with van der Waals surface area (Å²) >= 11 is 0. The number of hydrogen-bond acceptors (Lipinski definition) is 5. The van der Waals surface area contributed by atoms with E-state index < -0.39 is 27.9 Å². The molecule has 2 aromatic rings. The number of hydrogen-bond donors (Lipinski definition) is 0. The van der Waals surface area contributed by atoms with Gasteiger partial charge in [-0.2, -0.15) is 4.31 Å². The van der Waals surface area contributed by atoms with Crippen molar-refractivity contribution in [3.8, 4) is 5.75 Å². The molecule has 0 N–H and O–H groups in total. The third-order valence-electron chi connectivity index (χ3n) is 4.37. The number of carbonyl (C=O) groups excluding carboxylic acids is 1.